The van der Waals surface area contributed by atoms with E-state index in [0.29, 0.717) is 10.9 Å². The minimum absolute atomic E-state index is 0.151. The second kappa shape index (κ2) is 6.89. The van der Waals surface area contributed by atoms with Crippen LogP contribution in [-0.4, -0.2) is 10.9 Å². The molecule has 142 valence electrons. The van der Waals surface area contributed by atoms with E-state index >= 15 is 0 Å². The Kier molecular flexibility index (Phi) is 4.36. The van der Waals surface area contributed by atoms with Crippen molar-refractivity contribution in [2.75, 3.05) is 5.32 Å². The lowest BCUT2D eigenvalue weighted by Crippen LogP contribution is -2.22. The molecule has 1 atom stereocenters. The fraction of sp³-hybridized carbons (Fsp3) is 0.333. The predicted octanol–water partition coefficient (Wildman–Crippen LogP) is 6.19. The van der Waals surface area contributed by atoms with Crippen LogP contribution in [0.15, 0.2) is 60.8 Å². The first kappa shape index (κ1) is 17.7. The number of hydrogen-bond donors (Lipinski definition) is 1. The number of nitrogens with zero attached hydrogens (tertiary/aromatic N) is 1. The number of rotatable bonds is 3. The van der Waals surface area contributed by atoms with E-state index in [1.54, 1.807) is 0 Å². The van der Waals surface area contributed by atoms with Crippen molar-refractivity contribution in [3.8, 4) is 0 Å². The van der Waals surface area contributed by atoms with Gasteiger partial charge in [0.2, 0.25) is 5.91 Å². The third-order valence-corrected chi connectivity index (χ3v) is 6.97. The topological polar surface area (TPSA) is 42.0 Å². The van der Waals surface area contributed by atoms with Crippen molar-refractivity contribution in [2.24, 2.45) is 11.3 Å². The van der Waals surface area contributed by atoms with E-state index in [-0.39, 0.29) is 17.2 Å². The monoisotopic (exact) mass is 390 g/mol. The summed E-state index contributed by atoms with van der Waals surface area (Å²) in [5.41, 5.74) is 3.54. The van der Waals surface area contributed by atoms with Gasteiger partial charge < -0.3 is 5.32 Å². The van der Waals surface area contributed by atoms with Crippen molar-refractivity contribution in [1.82, 2.24) is 4.98 Å². The van der Waals surface area contributed by atoms with E-state index in [1.807, 2.05) is 36.5 Å². The Morgan fingerprint density at radius 2 is 1.79 bits per heavy atom. The molecule has 3 nitrogen and oxygen atoms in total. The first-order chi connectivity index (χ1) is 13.6. The molecule has 0 aliphatic heterocycles. The van der Waals surface area contributed by atoms with Gasteiger partial charge in [-0.15, -0.1) is 0 Å². The van der Waals surface area contributed by atoms with E-state index in [9.17, 15) is 4.79 Å². The third kappa shape index (κ3) is 3.18. The molecule has 5 rings (SSSR count). The van der Waals surface area contributed by atoms with Gasteiger partial charge in [-0.25, -0.2) is 0 Å². The van der Waals surface area contributed by atoms with Crippen LogP contribution >= 0.6 is 11.6 Å². The highest BCUT2D eigenvalue weighted by molar-refractivity contribution is 6.30. The molecular formula is C24H23ClN2O. The number of para-hydroxylation sites is 1. The summed E-state index contributed by atoms with van der Waals surface area (Å²) in [6, 6.07) is 17.9. The first-order valence-electron chi connectivity index (χ1n) is 10.0. The van der Waals surface area contributed by atoms with Gasteiger partial charge in [0.25, 0.3) is 0 Å². The number of benzene rings is 2. The van der Waals surface area contributed by atoms with Crippen LogP contribution in [0.3, 0.4) is 0 Å². The van der Waals surface area contributed by atoms with Gasteiger partial charge in [0, 0.05) is 28.2 Å². The largest absolute Gasteiger partial charge is 0.326 e. The normalized spacial score (nSPS) is 26.3. The summed E-state index contributed by atoms with van der Waals surface area (Å²) >= 11 is 5.92. The Morgan fingerprint density at radius 1 is 1.04 bits per heavy atom. The van der Waals surface area contributed by atoms with Gasteiger partial charge in [-0.2, -0.15) is 0 Å². The molecule has 1 unspecified atom stereocenters. The number of pyridine rings is 1. The van der Waals surface area contributed by atoms with Crippen LogP contribution in [0.4, 0.5) is 5.69 Å². The predicted molar refractivity (Wildman–Crippen MR) is 114 cm³/mol. The summed E-state index contributed by atoms with van der Waals surface area (Å²) in [6.07, 6.45) is 7.52. The SMILES string of the molecule is O=C(Nc1ccc(Cl)cc1)C1CC12CCC(c1ccnc3ccccc13)CC2. The van der Waals surface area contributed by atoms with Crippen LogP contribution in [0.5, 0.6) is 0 Å². The van der Waals surface area contributed by atoms with Gasteiger partial charge in [-0.05, 0) is 85.4 Å². The Balaban J connectivity index is 1.25. The van der Waals surface area contributed by atoms with E-state index in [2.05, 4.69) is 34.6 Å². The number of anilines is 1. The Morgan fingerprint density at radius 3 is 2.57 bits per heavy atom. The summed E-state index contributed by atoms with van der Waals surface area (Å²) in [6.45, 7) is 0. The zero-order valence-electron chi connectivity index (χ0n) is 15.7. The van der Waals surface area contributed by atoms with Crippen LogP contribution in [0.1, 0.15) is 43.6 Å². The summed E-state index contributed by atoms with van der Waals surface area (Å²) in [7, 11) is 0. The number of amides is 1. The van der Waals surface area contributed by atoms with Crippen molar-refractivity contribution < 1.29 is 4.79 Å². The zero-order valence-corrected chi connectivity index (χ0v) is 16.5. The number of carbonyl (C=O) groups is 1. The second-order valence-electron chi connectivity index (χ2n) is 8.31. The number of halogens is 1. The van der Waals surface area contributed by atoms with Crippen LogP contribution in [0.2, 0.25) is 5.02 Å². The van der Waals surface area contributed by atoms with Crippen molar-refractivity contribution in [2.45, 2.75) is 38.0 Å². The molecule has 1 amide bonds. The van der Waals surface area contributed by atoms with Gasteiger partial charge >= 0.3 is 0 Å². The van der Waals surface area contributed by atoms with Crippen molar-refractivity contribution in [3.63, 3.8) is 0 Å². The molecule has 1 aromatic heterocycles. The molecule has 1 spiro atoms. The number of carbonyl (C=O) groups excluding carboxylic acids is 1. The summed E-state index contributed by atoms with van der Waals surface area (Å²) in [5.74, 6) is 0.882. The molecule has 2 aliphatic carbocycles. The molecule has 0 radical (unpaired) electrons. The van der Waals surface area contributed by atoms with Crippen LogP contribution < -0.4 is 5.32 Å². The van der Waals surface area contributed by atoms with Gasteiger partial charge in [-0.1, -0.05) is 29.8 Å². The van der Waals surface area contributed by atoms with Crippen LogP contribution in [0.25, 0.3) is 10.9 Å². The van der Waals surface area contributed by atoms with Crippen LogP contribution in [-0.2, 0) is 4.79 Å². The Labute approximate surface area is 170 Å². The van der Waals surface area contributed by atoms with E-state index < -0.39 is 0 Å². The molecule has 0 saturated heterocycles. The van der Waals surface area contributed by atoms with Crippen molar-refractivity contribution in [3.05, 3.63) is 71.4 Å². The molecule has 2 fully saturated rings. The van der Waals surface area contributed by atoms with E-state index in [1.165, 1.54) is 10.9 Å². The van der Waals surface area contributed by atoms with E-state index in [4.69, 9.17) is 11.6 Å². The summed E-state index contributed by atoms with van der Waals surface area (Å²) < 4.78 is 0. The summed E-state index contributed by atoms with van der Waals surface area (Å²) in [5, 5.41) is 5.02. The minimum Gasteiger partial charge on any atom is -0.326 e. The molecule has 3 aromatic rings. The number of fused-ring (bicyclic) bond motifs is 1. The van der Waals surface area contributed by atoms with Gasteiger partial charge in [0.05, 0.1) is 5.52 Å². The fourth-order valence-corrected chi connectivity index (χ4v) is 5.14. The average molecular weight is 391 g/mol. The maximum atomic E-state index is 12.7. The smallest absolute Gasteiger partial charge is 0.228 e. The second-order valence-corrected chi connectivity index (χ2v) is 8.74. The molecule has 0 bridgehead atoms. The highest BCUT2D eigenvalue weighted by atomic mass is 35.5. The van der Waals surface area contributed by atoms with Gasteiger partial charge in [0.15, 0.2) is 0 Å². The lowest BCUT2D eigenvalue weighted by atomic mass is 9.75. The molecular weight excluding hydrogens is 368 g/mol. The highest BCUT2D eigenvalue weighted by Crippen LogP contribution is 2.63. The molecule has 1 heterocycles. The molecule has 2 aromatic carbocycles. The molecule has 2 aliphatic rings. The Bertz CT molecular complexity index is 1020. The molecule has 1 N–H and O–H groups in total. The average Bonchev–Trinajstić information content (AvgIpc) is 3.43. The standard InChI is InChI=1S/C24H23ClN2O/c25-17-5-7-18(8-6-17)27-23(28)21-15-24(21)12-9-16(10-13-24)19-11-14-26-22-4-2-1-3-20(19)22/h1-8,11,14,16,21H,9-10,12-13,15H2,(H,27,28). The first-order valence-corrected chi connectivity index (χ1v) is 10.4. The lowest BCUT2D eigenvalue weighted by Gasteiger charge is -2.30. The van der Waals surface area contributed by atoms with Crippen molar-refractivity contribution in [1.29, 1.82) is 0 Å². The quantitative estimate of drug-likeness (QED) is 0.579. The molecule has 2 saturated carbocycles. The van der Waals surface area contributed by atoms with Gasteiger partial charge in [0.1, 0.15) is 0 Å². The number of nitrogens with one attached hydrogen (secondary N) is 1. The molecule has 28 heavy (non-hydrogen) atoms. The minimum atomic E-state index is 0.151. The van der Waals surface area contributed by atoms with Gasteiger partial charge in [-0.3, -0.25) is 9.78 Å². The maximum absolute atomic E-state index is 12.7. The highest BCUT2D eigenvalue weighted by Gasteiger charge is 2.58. The zero-order chi connectivity index (χ0) is 19.1. The number of hydrogen-bond acceptors (Lipinski definition) is 2. The van der Waals surface area contributed by atoms with Crippen LogP contribution in [0, 0.1) is 11.3 Å². The maximum Gasteiger partial charge on any atom is 0.228 e. The van der Waals surface area contributed by atoms with E-state index in [0.717, 1.165) is 43.3 Å². The fourth-order valence-electron chi connectivity index (χ4n) is 5.01. The summed E-state index contributed by atoms with van der Waals surface area (Å²) in [4.78, 5) is 17.2. The lowest BCUT2D eigenvalue weighted by molar-refractivity contribution is -0.118. The third-order valence-electron chi connectivity index (χ3n) is 6.72. The Hall–Kier alpha value is -2.39. The molecule has 4 heteroatoms. The number of aromatic nitrogens is 1. The van der Waals surface area contributed by atoms with Crippen molar-refractivity contribution >= 4 is 34.1 Å².